The molecule has 4 heteroatoms. The molecule has 1 aromatic carbocycles. The van der Waals surface area contributed by atoms with Crippen molar-refractivity contribution >= 4 is 29.1 Å². The summed E-state index contributed by atoms with van der Waals surface area (Å²) in [6, 6.07) is 7.13. The van der Waals surface area contributed by atoms with Gasteiger partial charge < -0.3 is 0 Å². The van der Waals surface area contributed by atoms with Gasteiger partial charge in [-0.3, -0.25) is 9.59 Å². The zero-order valence-electron chi connectivity index (χ0n) is 13.5. The summed E-state index contributed by atoms with van der Waals surface area (Å²) < 4.78 is 0. The fraction of sp³-hybridized carbons (Fsp3) is 0.500. The number of allylic oxidation sites excluding steroid dienone is 2. The number of rotatable bonds is 1. The highest BCUT2D eigenvalue weighted by Gasteiger charge is 2.59. The van der Waals surface area contributed by atoms with Crippen molar-refractivity contribution in [3.05, 3.63) is 40.4 Å². The summed E-state index contributed by atoms with van der Waals surface area (Å²) in [5.41, 5.74) is 3.70. The zero-order chi connectivity index (χ0) is 16.4. The molecule has 0 aromatic heterocycles. The first-order valence-corrected chi connectivity index (χ1v) is 9.40. The van der Waals surface area contributed by atoms with Gasteiger partial charge in [0, 0.05) is 5.02 Å². The van der Waals surface area contributed by atoms with Crippen LogP contribution in [-0.2, 0) is 9.59 Å². The summed E-state index contributed by atoms with van der Waals surface area (Å²) in [6.45, 7) is 0. The van der Waals surface area contributed by atoms with Gasteiger partial charge in [-0.25, -0.2) is 4.90 Å². The molecule has 3 fully saturated rings. The largest absolute Gasteiger partial charge is 0.274 e. The van der Waals surface area contributed by atoms with Gasteiger partial charge in [-0.15, -0.1) is 0 Å². The van der Waals surface area contributed by atoms with Crippen LogP contribution in [0.5, 0.6) is 0 Å². The topological polar surface area (TPSA) is 37.4 Å². The molecule has 3 aliphatic carbocycles. The summed E-state index contributed by atoms with van der Waals surface area (Å²) in [7, 11) is 0. The Morgan fingerprint density at radius 3 is 2.04 bits per heavy atom. The molecule has 2 amide bonds. The Labute approximate surface area is 146 Å². The van der Waals surface area contributed by atoms with Crippen molar-refractivity contribution in [2.45, 2.75) is 38.5 Å². The molecule has 1 aromatic rings. The monoisotopic (exact) mass is 341 g/mol. The normalized spacial score (nSPS) is 34.6. The second-order valence-electron chi connectivity index (χ2n) is 7.59. The van der Waals surface area contributed by atoms with Gasteiger partial charge in [0.1, 0.15) is 0 Å². The lowest BCUT2D eigenvalue weighted by Gasteiger charge is -2.34. The second-order valence-corrected chi connectivity index (χ2v) is 8.03. The number of carbonyl (C=O) groups excluding carboxylic acids is 2. The van der Waals surface area contributed by atoms with Crippen LogP contribution < -0.4 is 4.90 Å². The smallest absolute Gasteiger partial charge is 0.238 e. The Morgan fingerprint density at radius 1 is 0.917 bits per heavy atom. The van der Waals surface area contributed by atoms with E-state index in [-0.39, 0.29) is 23.7 Å². The standard InChI is InChI=1S/C20H20ClNO2/c21-11-4-1-5-12(10-11)22-19(23)17-15-8-2-6-13(15)14-7-3-9-16(14)18(17)20(22)24/h1,4-5,10,15-18H,2-3,6-9H2/t15-,16-,17-,18-/m0/s1. The molecule has 0 N–H and O–H groups in total. The number of amides is 2. The fourth-order valence-corrected chi connectivity index (χ4v) is 5.95. The summed E-state index contributed by atoms with van der Waals surface area (Å²) in [4.78, 5) is 27.9. The first-order valence-electron chi connectivity index (χ1n) is 9.02. The van der Waals surface area contributed by atoms with Crippen LogP contribution in [-0.4, -0.2) is 11.8 Å². The van der Waals surface area contributed by atoms with E-state index in [1.807, 2.05) is 6.07 Å². The number of nitrogens with zero attached hydrogens (tertiary/aromatic N) is 1. The van der Waals surface area contributed by atoms with Gasteiger partial charge in [0.2, 0.25) is 11.8 Å². The van der Waals surface area contributed by atoms with Crippen molar-refractivity contribution in [2.24, 2.45) is 23.7 Å². The molecule has 1 heterocycles. The van der Waals surface area contributed by atoms with Crippen LogP contribution in [0, 0.1) is 23.7 Å². The maximum atomic E-state index is 13.2. The van der Waals surface area contributed by atoms with Crippen LogP contribution in [0.3, 0.4) is 0 Å². The Balaban J connectivity index is 1.61. The third-order valence-corrected chi connectivity index (χ3v) is 6.80. The molecule has 2 saturated carbocycles. The molecule has 0 spiro atoms. The molecular weight excluding hydrogens is 322 g/mol. The molecule has 4 atom stereocenters. The highest BCUT2D eigenvalue weighted by Crippen LogP contribution is 2.57. The predicted octanol–water partition coefficient (Wildman–Crippen LogP) is 4.36. The zero-order valence-corrected chi connectivity index (χ0v) is 14.3. The van der Waals surface area contributed by atoms with E-state index in [0.29, 0.717) is 22.5 Å². The van der Waals surface area contributed by atoms with Crippen molar-refractivity contribution in [2.75, 3.05) is 4.90 Å². The lowest BCUT2D eigenvalue weighted by Crippen LogP contribution is -2.35. The number of hydrogen-bond acceptors (Lipinski definition) is 2. The van der Waals surface area contributed by atoms with Crippen LogP contribution in [0.1, 0.15) is 38.5 Å². The van der Waals surface area contributed by atoms with E-state index in [2.05, 4.69) is 0 Å². The van der Waals surface area contributed by atoms with E-state index in [1.54, 1.807) is 18.2 Å². The van der Waals surface area contributed by atoms with E-state index in [9.17, 15) is 9.59 Å². The minimum atomic E-state index is -0.138. The summed E-state index contributed by atoms with van der Waals surface area (Å²) in [5.74, 6) is 0.340. The van der Waals surface area contributed by atoms with E-state index in [4.69, 9.17) is 11.6 Å². The molecule has 3 nitrogen and oxygen atoms in total. The lowest BCUT2D eigenvalue weighted by atomic mass is 9.66. The molecule has 5 rings (SSSR count). The van der Waals surface area contributed by atoms with Crippen molar-refractivity contribution < 1.29 is 9.59 Å². The minimum Gasteiger partial charge on any atom is -0.274 e. The van der Waals surface area contributed by atoms with Gasteiger partial charge in [-0.2, -0.15) is 0 Å². The predicted molar refractivity (Wildman–Crippen MR) is 92.6 cm³/mol. The maximum absolute atomic E-state index is 13.2. The van der Waals surface area contributed by atoms with Gasteiger partial charge in [0.25, 0.3) is 0 Å². The molecule has 0 radical (unpaired) electrons. The first kappa shape index (κ1) is 14.7. The summed E-state index contributed by atoms with van der Waals surface area (Å²) in [6.07, 6.45) is 6.73. The number of imide groups is 1. The number of anilines is 1. The van der Waals surface area contributed by atoms with Crippen LogP contribution >= 0.6 is 11.6 Å². The number of benzene rings is 1. The van der Waals surface area contributed by atoms with Gasteiger partial charge >= 0.3 is 0 Å². The highest BCUT2D eigenvalue weighted by molar-refractivity contribution is 6.31. The minimum absolute atomic E-state index is 0.00242. The number of fused-ring (bicyclic) bond motifs is 5. The van der Waals surface area contributed by atoms with Crippen LogP contribution in [0.2, 0.25) is 5.02 Å². The molecule has 0 bridgehead atoms. The average Bonchev–Trinajstić information content (AvgIpc) is 3.25. The highest BCUT2D eigenvalue weighted by atomic mass is 35.5. The molecular formula is C20H20ClNO2. The van der Waals surface area contributed by atoms with Crippen LogP contribution in [0.15, 0.2) is 35.4 Å². The average molecular weight is 342 g/mol. The van der Waals surface area contributed by atoms with Crippen molar-refractivity contribution in [1.82, 2.24) is 0 Å². The van der Waals surface area contributed by atoms with E-state index in [0.717, 1.165) is 38.5 Å². The quantitative estimate of drug-likeness (QED) is 0.562. The number of hydrogen-bond donors (Lipinski definition) is 0. The number of halogens is 1. The first-order chi connectivity index (χ1) is 11.7. The SMILES string of the molecule is O=C1[C@@H]2[C@@H](C(=O)N1c1cccc(Cl)c1)[C@H]1CCCC1=C1CCC[C@@H]12. The summed E-state index contributed by atoms with van der Waals surface area (Å²) in [5, 5.41) is 0.559. The van der Waals surface area contributed by atoms with Crippen molar-refractivity contribution in [3.8, 4) is 0 Å². The number of carbonyl (C=O) groups is 2. The molecule has 1 saturated heterocycles. The van der Waals surface area contributed by atoms with Gasteiger partial charge in [-0.1, -0.05) is 28.8 Å². The van der Waals surface area contributed by atoms with Gasteiger partial charge in [0.05, 0.1) is 17.5 Å². The van der Waals surface area contributed by atoms with Gasteiger partial charge in [0.15, 0.2) is 0 Å². The Morgan fingerprint density at radius 2 is 1.50 bits per heavy atom. The van der Waals surface area contributed by atoms with Crippen molar-refractivity contribution in [3.63, 3.8) is 0 Å². The lowest BCUT2D eigenvalue weighted by molar-refractivity contribution is -0.122. The molecule has 1 aliphatic heterocycles. The molecule has 0 unspecified atom stereocenters. The maximum Gasteiger partial charge on any atom is 0.238 e. The van der Waals surface area contributed by atoms with Gasteiger partial charge in [-0.05, 0) is 68.6 Å². The van der Waals surface area contributed by atoms with Crippen LogP contribution in [0.25, 0.3) is 0 Å². The molecule has 4 aliphatic rings. The third kappa shape index (κ3) is 1.85. The third-order valence-electron chi connectivity index (χ3n) is 6.56. The molecule has 24 heavy (non-hydrogen) atoms. The van der Waals surface area contributed by atoms with E-state index < -0.39 is 0 Å². The second kappa shape index (κ2) is 5.19. The van der Waals surface area contributed by atoms with Crippen LogP contribution in [0.4, 0.5) is 5.69 Å². The fourth-order valence-electron chi connectivity index (χ4n) is 5.76. The Bertz CT molecular complexity index is 742. The van der Waals surface area contributed by atoms with E-state index >= 15 is 0 Å². The van der Waals surface area contributed by atoms with Crippen molar-refractivity contribution in [1.29, 1.82) is 0 Å². The van der Waals surface area contributed by atoms with E-state index in [1.165, 1.54) is 16.0 Å². The Hall–Kier alpha value is -1.61. The summed E-state index contributed by atoms with van der Waals surface area (Å²) >= 11 is 6.09. The molecule has 124 valence electrons. The Kier molecular flexibility index (Phi) is 3.18.